The van der Waals surface area contributed by atoms with Crippen molar-refractivity contribution in [1.29, 1.82) is 0 Å². The normalized spacial score (nSPS) is 25.2. The van der Waals surface area contributed by atoms with Crippen molar-refractivity contribution in [2.75, 3.05) is 0 Å². The van der Waals surface area contributed by atoms with E-state index in [1.54, 1.807) is 17.6 Å². The zero-order valence-electron chi connectivity index (χ0n) is 16.6. The predicted octanol–water partition coefficient (Wildman–Crippen LogP) is 2.27. The molecule has 4 rings (SSSR count). The summed E-state index contributed by atoms with van der Waals surface area (Å²) in [6.45, 7) is 0.202. The molecule has 0 spiro atoms. The van der Waals surface area contributed by atoms with Gasteiger partial charge in [-0.25, -0.2) is 18.3 Å². The Morgan fingerprint density at radius 3 is 2.29 bits per heavy atom. The lowest BCUT2D eigenvalue weighted by atomic mass is 9.87. The molecule has 2 heterocycles. The Hall–Kier alpha value is -2.53. The molecular weight excluding hydrogens is 427 g/mol. The maximum Gasteiger partial charge on any atom is 0.264 e. The number of rotatable bonds is 7. The number of fused-ring (bicyclic) bond motifs is 2. The lowest BCUT2D eigenvalue weighted by Gasteiger charge is -2.38. The summed E-state index contributed by atoms with van der Waals surface area (Å²) in [5.41, 5.74) is 0.891. The molecule has 8 nitrogen and oxygen atoms in total. The van der Waals surface area contributed by atoms with Crippen LogP contribution in [0.4, 0.5) is 4.39 Å². The highest BCUT2D eigenvalue weighted by molar-refractivity contribution is 7.89. The Morgan fingerprint density at radius 1 is 1.10 bits per heavy atom. The molecule has 10 heteroatoms. The molecule has 0 aliphatic carbocycles. The number of hydrogen-bond donors (Lipinski definition) is 3. The third-order valence-corrected chi connectivity index (χ3v) is 7.22. The van der Waals surface area contributed by atoms with Gasteiger partial charge in [0.25, 0.3) is 5.91 Å². The number of carbonyl (C=O) groups is 1. The van der Waals surface area contributed by atoms with Gasteiger partial charge in [-0.15, -0.1) is 0 Å². The van der Waals surface area contributed by atoms with Gasteiger partial charge >= 0.3 is 0 Å². The highest BCUT2D eigenvalue weighted by atomic mass is 32.2. The van der Waals surface area contributed by atoms with E-state index in [2.05, 4.69) is 4.72 Å². The monoisotopic (exact) mass is 450 g/mol. The lowest BCUT2D eigenvalue weighted by molar-refractivity contribution is -0.142. The molecule has 2 aliphatic rings. The molecule has 0 radical (unpaired) electrons. The van der Waals surface area contributed by atoms with Crippen LogP contribution in [-0.4, -0.2) is 37.3 Å². The third kappa shape index (κ3) is 4.72. The van der Waals surface area contributed by atoms with Gasteiger partial charge in [0.1, 0.15) is 23.7 Å². The zero-order chi connectivity index (χ0) is 22.1. The number of carbonyl (C=O) groups excluding carboxylic acids is 1. The fourth-order valence-electron chi connectivity index (χ4n) is 4.14. The summed E-state index contributed by atoms with van der Waals surface area (Å²) in [6, 6.07) is 11.6. The Kier molecular flexibility index (Phi) is 5.98. The Labute approximate surface area is 179 Å². The summed E-state index contributed by atoms with van der Waals surface area (Å²) in [4.78, 5) is 12.4. The number of ether oxygens (including phenoxy) is 2. The van der Waals surface area contributed by atoms with E-state index in [0.717, 1.165) is 18.4 Å². The largest absolute Gasteiger partial charge is 0.489 e. The van der Waals surface area contributed by atoms with Crippen LogP contribution in [0.5, 0.6) is 5.75 Å². The van der Waals surface area contributed by atoms with Crippen molar-refractivity contribution in [2.24, 2.45) is 0 Å². The van der Waals surface area contributed by atoms with Gasteiger partial charge in [0.15, 0.2) is 0 Å². The van der Waals surface area contributed by atoms with Crippen LogP contribution in [0.3, 0.4) is 0 Å². The molecule has 2 bridgehead atoms. The standard InChI is InChI=1S/C21H23FN2O6S/c22-15-3-1-14(2-4-15)13-29-16-7-9-19(10-8-16)31(27,28)24-21(20(25)23-26)11-17-5-6-18(12-21)30-17/h1-4,7-10,17-18,24,26H,5-6,11-13H2,(H,23,25)/t17-,18+,21?. The van der Waals surface area contributed by atoms with Crippen LogP contribution in [0.25, 0.3) is 0 Å². The van der Waals surface area contributed by atoms with E-state index < -0.39 is 21.5 Å². The second kappa shape index (κ2) is 8.54. The number of hydrogen-bond acceptors (Lipinski definition) is 6. The van der Waals surface area contributed by atoms with E-state index in [0.29, 0.717) is 5.75 Å². The molecule has 0 saturated carbocycles. The van der Waals surface area contributed by atoms with Crippen LogP contribution in [0.2, 0.25) is 0 Å². The minimum Gasteiger partial charge on any atom is -0.489 e. The summed E-state index contributed by atoms with van der Waals surface area (Å²) < 4.78 is 52.8. The molecule has 1 amide bonds. The molecule has 166 valence electrons. The maximum absolute atomic E-state index is 13.0. The average molecular weight is 450 g/mol. The van der Waals surface area contributed by atoms with E-state index in [9.17, 15) is 22.8 Å². The summed E-state index contributed by atoms with van der Waals surface area (Å²) in [5, 5.41) is 9.20. The summed E-state index contributed by atoms with van der Waals surface area (Å²) in [7, 11) is -4.06. The minimum absolute atomic E-state index is 0.0365. The molecule has 2 aliphatic heterocycles. The van der Waals surface area contributed by atoms with Crippen LogP contribution in [0.15, 0.2) is 53.4 Å². The summed E-state index contributed by atoms with van der Waals surface area (Å²) in [5.74, 6) is -0.693. The summed E-state index contributed by atoms with van der Waals surface area (Å²) in [6.07, 6.45) is 1.31. The number of hydroxylamine groups is 1. The number of sulfonamides is 1. The number of halogens is 1. The van der Waals surface area contributed by atoms with Gasteiger partial charge in [-0.3, -0.25) is 10.0 Å². The van der Waals surface area contributed by atoms with Crippen LogP contribution < -0.4 is 14.9 Å². The highest BCUT2D eigenvalue weighted by Gasteiger charge is 2.51. The van der Waals surface area contributed by atoms with Crippen molar-refractivity contribution in [3.63, 3.8) is 0 Å². The quantitative estimate of drug-likeness (QED) is 0.441. The first-order valence-electron chi connectivity index (χ1n) is 9.91. The molecule has 2 aromatic rings. The third-order valence-electron chi connectivity index (χ3n) is 5.67. The molecule has 3 atom stereocenters. The van der Waals surface area contributed by atoms with Crippen LogP contribution >= 0.6 is 0 Å². The van der Waals surface area contributed by atoms with Crippen LogP contribution in [-0.2, 0) is 26.2 Å². The van der Waals surface area contributed by atoms with Gasteiger partial charge in [0.05, 0.1) is 17.1 Å². The van der Waals surface area contributed by atoms with Crippen molar-refractivity contribution >= 4 is 15.9 Å². The molecule has 3 N–H and O–H groups in total. The van der Waals surface area contributed by atoms with Gasteiger partial charge in [0, 0.05) is 12.8 Å². The van der Waals surface area contributed by atoms with Crippen LogP contribution in [0, 0.1) is 5.82 Å². The number of amides is 1. The smallest absolute Gasteiger partial charge is 0.264 e. The van der Waals surface area contributed by atoms with Gasteiger partial charge in [-0.2, -0.15) is 4.72 Å². The van der Waals surface area contributed by atoms with E-state index in [1.807, 2.05) is 0 Å². The van der Waals surface area contributed by atoms with Gasteiger partial charge in [0.2, 0.25) is 10.0 Å². The van der Waals surface area contributed by atoms with Crippen molar-refractivity contribution < 1.29 is 32.3 Å². The first-order valence-corrected chi connectivity index (χ1v) is 11.4. The average Bonchev–Trinajstić information content (AvgIpc) is 3.11. The highest BCUT2D eigenvalue weighted by Crippen LogP contribution is 2.39. The SMILES string of the molecule is O=C(NO)C1(NS(=O)(=O)c2ccc(OCc3ccc(F)cc3)cc2)C[C@H]2CC[C@@H](C1)O2. The van der Waals surface area contributed by atoms with Crippen LogP contribution in [0.1, 0.15) is 31.2 Å². The minimum atomic E-state index is -4.06. The van der Waals surface area contributed by atoms with Crippen molar-refractivity contribution in [3.05, 3.63) is 59.9 Å². The van der Waals surface area contributed by atoms with E-state index >= 15 is 0 Å². The first-order chi connectivity index (χ1) is 14.8. The van der Waals surface area contributed by atoms with Gasteiger partial charge in [-0.1, -0.05) is 12.1 Å². The van der Waals surface area contributed by atoms with E-state index in [-0.39, 0.29) is 42.4 Å². The second-order valence-corrected chi connectivity index (χ2v) is 9.56. The molecule has 0 aromatic heterocycles. The number of benzene rings is 2. The second-order valence-electron chi connectivity index (χ2n) is 7.88. The molecule has 2 fully saturated rings. The number of nitrogens with one attached hydrogen (secondary N) is 2. The van der Waals surface area contributed by atoms with E-state index in [4.69, 9.17) is 9.47 Å². The first kappa shape index (κ1) is 21.7. The molecule has 2 aromatic carbocycles. The molecule has 31 heavy (non-hydrogen) atoms. The van der Waals surface area contributed by atoms with Gasteiger partial charge in [-0.05, 0) is 54.8 Å². The summed E-state index contributed by atoms with van der Waals surface area (Å²) >= 11 is 0. The fraction of sp³-hybridized carbons (Fsp3) is 0.381. The lowest BCUT2D eigenvalue weighted by Crippen LogP contribution is -2.62. The van der Waals surface area contributed by atoms with Crippen molar-refractivity contribution in [3.8, 4) is 5.75 Å². The Morgan fingerprint density at radius 2 is 1.71 bits per heavy atom. The maximum atomic E-state index is 13.0. The Bertz CT molecular complexity index is 1030. The molecule has 2 saturated heterocycles. The van der Waals surface area contributed by atoms with Gasteiger partial charge < -0.3 is 9.47 Å². The van der Waals surface area contributed by atoms with E-state index in [1.165, 1.54) is 36.4 Å². The Balaban J connectivity index is 1.47. The van der Waals surface area contributed by atoms with Crippen molar-refractivity contribution in [1.82, 2.24) is 10.2 Å². The fourth-order valence-corrected chi connectivity index (χ4v) is 5.53. The van der Waals surface area contributed by atoms with Crippen molar-refractivity contribution in [2.45, 2.75) is 54.9 Å². The topological polar surface area (TPSA) is 114 Å². The zero-order valence-corrected chi connectivity index (χ0v) is 17.4. The predicted molar refractivity (Wildman–Crippen MR) is 107 cm³/mol. The molecular formula is C21H23FN2O6S. The molecule has 1 unspecified atom stereocenters.